The maximum absolute atomic E-state index is 12.7. The van der Waals surface area contributed by atoms with E-state index in [9.17, 15) is 13.2 Å². The molecule has 1 heterocycles. The van der Waals surface area contributed by atoms with Gasteiger partial charge in [-0.15, -0.1) is 0 Å². The largest absolute Gasteiger partial charge is 0.325 e. The van der Waals surface area contributed by atoms with Crippen LogP contribution in [0.15, 0.2) is 53.4 Å². The van der Waals surface area contributed by atoms with Gasteiger partial charge in [0.25, 0.3) is 0 Å². The summed E-state index contributed by atoms with van der Waals surface area (Å²) < 4.78 is 26.8. The molecule has 0 saturated carbocycles. The molecule has 2 aliphatic rings. The molecule has 0 radical (unpaired) electrons. The third kappa shape index (κ3) is 4.43. The molecular weight excluding hydrogens is 398 g/mol. The molecule has 0 unspecified atom stereocenters. The van der Waals surface area contributed by atoms with Gasteiger partial charge >= 0.3 is 0 Å². The fraction of sp³-hybridized carbons (Fsp3) is 0.435. The molecule has 4 rings (SSSR count). The van der Waals surface area contributed by atoms with Gasteiger partial charge in [0.15, 0.2) is 0 Å². The van der Waals surface area contributed by atoms with Crippen LogP contribution in [0, 0.1) is 0 Å². The highest BCUT2D eigenvalue weighted by Gasteiger charge is 2.27. The van der Waals surface area contributed by atoms with Crippen LogP contribution in [0.1, 0.15) is 49.8 Å². The zero-order chi connectivity index (χ0) is 21.1. The summed E-state index contributed by atoms with van der Waals surface area (Å²) in [6, 6.07) is 14.6. The number of nitrogens with zero attached hydrogens (tertiary/aromatic N) is 1. The third-order valence-corrected chi connectivity index (χ3v) is 7.95. The average molecular weight is 428 g/mol. The van der Waals surface area contributed by atoms with Crippen molar-refractivity contribution >= 4 is 21.6 Å². The lowest BCUT2D eigenvalue weighted by atomic mass is 9.87. The highest BCUT2D eigenvalue weighted by molar-refractivity contribution is 7.89. The number of anilines is 1. The second-order valence-corrected chi connectivity index (χ2v) is 10.1. The van der Waals surface area contributed by atoms with Gasteiger partial charge in [-0.25, -0.2) is 8.42 Å². The van der Waals surface area contributed by atoms with Crippen molar-refractivity contribution in [1.82, 2.24) is 9.62 Å². The van der Waals surface area contributed by atoms with E-state index in [2.05, 4.69) is 28.8 Å². The second kappa shape index (κ2) is 8.88. The van der Waals surface area contributed by atoms with E-state index in [4.69, 9.17) is 0 Å². The Balaban J connectivity index is 1.38. The Morgan fingerprint density at radius 2 is 1.73 bits per heavy atom. The smallest absolute Gasteiger partial charge is 0.243 e. The lowest BCUT2D eigenvalue weighted by molar-refractivity contribution is -0.118. The predicted octanol–water partition coefficient (Wildman–Crippen LogP) is 3.47. The van der Waals surface area contributed by atoms with E-state index < -0.39 is 10.0 Å². The SMILES string of the molecule is C[C@H](N[C@@H]1CCCc2ccccc21)C(=O)Nc1ccc(S(=O)(=O)N2CCCC2)cc1. The lowest BCUT2D eigenvalue weighted by Gasteiger charge is -2.29. The average Bonchev–Trinajstić information content (AvgIpc) is 3.30. The van der Waals surface area contributed by atoms with Gasteiger partial charge < -0.3 is 5.32 Å². The van der Waals surface area contributed by atoms with E-state index in [1.165, 1.54) is 15.4 Å². The first-order valence-electron chi connectivity index (χ1n) is 10.7. The highest BCUT2D eigenvalue weighted by atomic mass is 32.2. The molecule has 6 nitrogen and oxygen atoms in total. The number of sulfonamides is 1. The Hall–Kier alpha value is -2.22. The van der Waals surface area contributed by atoms with Crippen LogP contribution >= 0.6 is 0 Å². The van der Waals surface area contributed by atoms with E-state index in [1.807, 2.05) is 13.0 Å². The summed E-state index contributed by atoms with van der Waals surface area (Å²) in [5, 5.41) is 6.35. The number of hydrogen-bond acceptors (Lipinski definition) is 4. The molecule has 1 saturated heterocycles. The van der Waals surface area contributed by atoms with Gasteiger partial charge in [-0.1, -0.05) is 24.3 Å². The van der Waals surface area contributed by atoms with E-state index in [1.54, 1.807) is 24.3 Å². The van der Waals surface area contributed by atoms with Crippen LogP contribution in [0.5, 0.6) is 0 Å². The minimum Gasteiger partial charge on any atom is -0.325 e. The minimum atomic E-state index is -3.44. The third-order valence-electron chi connectivity index (χ3n) is 6.04. The molecule has 2 atom stereocenters. The maximum atomic E-state index is 12.7. The summed E-state index contributed by atoms with van der Waals surface area (Å²) >= 11 is 0. The van der Waals surface area contributed by atoms with Gasteiger partial charge in [-0.3, -0.25) is 10.1 Å². The quantitative estimate of drug-likeness (QED) is 0.740. The van der Waals surface area contributed by atoms with Gasteiger partial charge in [0.1, 0.15) is 0 Å². The van der Waals surface area contributed by atoms with Gasteiger partial charge in [0, 0.05) is 24.8 Å². The second-order valence-electron chi connectivity index (χ2n) is 8.16. The maximum Gasteiger partial charge on any atom is 0.243 e. The number of benzene rings is 2. The molecule has 160 valence electrons. The van der Waals surface area contributed by atoms with Gasteiger partial charge in [-0.05, 0) is 74.4 Å². The Morgan fingerprint density at radius 3 is 2.47 bits per heavy atom. The van der Waals surface area contributed by atoms with Crippen LogP contribution < -0.4 is 10.6 Å². The van der Waals surface area contributed by atoms with Crippen molar-refractivity contribution in [3.05, 3.63) is 59.7 Å². The molecule has 2 N–H and O–H groups in total. The van der Waals surface area contributed by atoms with Crippen LogP contribution in [-0.2, 0) is 21.2 Å². The van der Waals surface area contributed by atoms with Crippen molar-refractivity contribution in [2.24, 2.45) is 0 Å². The molecule has 1 fully saturated rings. The number of amides is 1. The van der Waals surface area contributed by atoms with Crippen molar-refractivity contribution in [1.29, 1.82) is 0 Å². The van der Waals surface area contributed by atoms with E-state index in [0.717, 1.165) is 32.1 Å². The molecule has 30 heavy (non-hydrogen) atoms. The van der Waals surface area contributed by atoms with Crippen molar-refractivity contribution in [3.63, 3.8) is 0 Å². The topological polar surface area (TPSA) is 78.5 Å². The number of carbonyl (C=O) groups excluding carboxylic acids is 1. The summed E-state index contributed by atoms with van der Waals surface area (Å²) in [6.07, 6.45) is 5.02. The van der Waals surface area contributed by atoms with Crippen LogP contribution in [0.4, 0.5) is 5.69 Å². The van der Waals surface area contributed by atoms with Gasteiger partial charge in [0.2, 0.25) is 15.9 Å². The zero-order valence-corrected chi connectivity index (χ0v) is 18.1. The number of aryl methyl sites for hydroxylation is 1. The number of fused-ring (bicyclic) bond motifs is 1. The first-order valence-corrected chi connectivity index (χ1v) is 12.1. The molecule has 2 aromatic carbocycles. The molecular formula is C23H29N3O3S. The summed E-state index contributed by atoms with van der Waals surface area (Å²) in [4.78, 5) is 13.0. The molecule has 1 aliphatic heterocycles. The fourth-order valence-electron chi connectivity index (χ4n) is 4.34. The molecule has 1 amide bonds. The standard InChI is InChI=1S/C23H29N3O3S/c1-17(24-22-10-6-8-18-7-2-3-9-21(18)22)23(27)25-19-11-13-20(14-12-19)30(28,29)26-15-4-5-16-26/h2-3,7,9,11-14,17,22,24H,4-6,8,10,15-16H2,1H3,(H,25,27)/t17-,22+/m0/s1. The van der Waals surface area contributed by atoms with Crippen molar-refractivity contribution in [3.8, 4) is 0 Å². The first kappa shape index (κ1) is 21.0. The van der Waals surface area contributed by atoms with Crippen molar-refractivity contribution < 1.29 is 13.2 Å². The molecule has 0 bridgehead atoms. The molecule has 2 aromatic rings. The zero-order valence-electron chi connectivity index (χ0n) is 17.3. The minimum absolute atomic E-state index is 0.131. The van der Waals surface area contributed by atoms with Gasteiger partial charge in [-0.2, -0.15) is 4.31 Å². The van der Waals surface area contributed by atoms with E-state index in [0.29, 0.717) is 18.8 Å². The predicted molar refractivity (Wildman–Crippen MR) is 118 cm³/mol. The normalized spacial score (nSPS) is 20.5. The highest BCUT2D eigenvalue weighted by Crippen LogP contribution is 2.30. The number of carbonyl (C=O) groups is 1. The van der Waals surface area contributed by atoms with Crippen LogP contribution in [0.2, 0.25) is 0 Å². The van der Waals surface area contributed by atoms with Crippen molar-refractivity contribution in [2.45, 2.75) is 56.0 Å². The van der Waals surface area contributed by atoms with E-state index >= 15 is 0 Å². The Labute approximate surface area is 178 Å². The lowest BCUT2D eigenvalue weighted by Crippen LogP contribution is -2.41. The summed E-state index contributed by atoms with van der Waals surface area (Å²) in [5.41, 5.74) is 3.22. The number of rotatable bonds is 6. The summed E-state index contributed by atoms with van der Waals surface area (Å²) in [5.74, 6) is -0.131. The molecule has 0 spiro atoms. The monoisotopic (exact) mass is 427 g/mol. The Bertz CT molecular complexity index is 999. The van der Waals surface area contributed by atoms with Crippen molar-refractivity contribution in [2.75, 3.05) is 18.4 Å². The van der Waals surface area contributed by atoms with Crippen LogP contribution in [0.3, 0.4) is 0 Å². The fourth-order valence-corrected chi connectivity index (χ4v) is 5.86. The van der Waals surface area contributed by atoms with Crippen LogP contribution in [-0.4, -0.2) is 37.8 Å². The molecule has 0 aromatic heterocycles. The molecule has 7 heteroatoms. The van der Waals surface area contributed by atoms with Gasteiger partial charge in [0.05, 0.1) is 10.9 Å². The Kier molecular flexibility index (Phi) is 6.22. The molecule has 1 aliphatic carbocycles. The van der Waals surface area contributed by atoms with E-state index in [-0.39, 0.29) is 22.9 Å². The Morgan fingerprint density at radius 1 is 1.03 bits per heavy atom. The summed E-state index contributed by atoms with van der Waals surface area (Å²) in [6.45, 7) is 3.02. The summed E-state index contributed by atoms with van der Waals surface area (Å²) in [7, 11) is -3.44. The first-order chi connectivity index (χ1) is 14.4. The number of nitrogens with one attached hydrogen (secondary N) is 2. The van der Waals surface area contributed by atoms with Crippen LogP contribution in [0.25, 0.3) is 0 Å². The number of hydrogen-bond donors (Lipinski definition) is 2.